The second-order valence-corrected chi connectivity index (χ2v) is 3.96. The molecule has 0 fully saturated rings. The summed E-state index contributed by atoms with van der Waals surface area (Å²) >= 11 is 5.64. The van der Waals surface area contributed by atoms with E-state index in [1.54, 1.807) is 0 Å². The molecule has 18 heavy (non-hydrogen) atoms. The van der Waals surface area contributed by atoms with Gasteiger partial charge in [-0.25, -0.2) is 8.78 Å². The quantitative estimate of drug-likeness (QED) is 0.855. The van der Waals surface area contributed by atoms with Crippen LogP contribution < -0.4 is 4.74 Å². The first-order valence-electron chi connectivity index (χ1n) is 5.16. The molecule has 1 unspecified atom stereocenters. The zero-order valence-corrected chi connectivity index (χ0v) is 10.2. The molecule has 0 aliphatic rings. The Labute approximate surface area is 107 Å². The monoisotopic (exact) mass is 270 g/mol. The molecule has 0 saturated heterocycles. The molecule has 3 nitrogen and oxygen atoms in total. The maximum absolute atomic E-state index is 13.5. The molecular formula is C12H9ClF2N2O. The lowest BCUT2D eigenvalue weighted by molar-refractivity contribution is 0.206. The van der Waals surface area contributed by atoms with Gasteiger partial charge in [0.05, 0.1) is 18.0 Å². The summed E-state index contributed by atoms with van der Waals surface area (Å²) in [7, 11) is 0. The summed E-state index contributed by atoms with van der Waals surface area (Å²) in [6.07, 6.45) is 1.82. The van der Waals surface area contributed by atoms with Crippen LogP contribution in [0.15, 0.2) is 30.6 Å². The van der Waals surface area contributed by atoms with Crippen molar-refractivity contribution in [3.05, 3.63) is 52.9 Å². The molecule has 1 atom stereocenters. The Kier molecular flexibility index (Phi) is 3.72. The highest BCUT2D eigenvalue weighted by molar-refractivity contribution is 6.29. The zero-order chi connectivity index (χ0) is 13.1. The Bertz CT molecular complexity index is 545. The summed E-state index contributed by atoms with van der Waals surface area (Å²) in [5.41, 5.74) is -0.153. The summed E-state index contributed by atoms with van der Waals surface area (Å²) in [5, 5.41) is 0.147. The van der Waals surface area contributed by atoms with E-state index in [1.165, 1.54) is 37.5 Å². The van der Waals surface area contributed by atoms with Crippen molar-refractivity contribution in [3.63, 3.8) is 0 Å². The number of aromatic nitrogens is 2. The molecule has 1 aromatic carbocycles. The summed E-state index contributed by atoms with van der Waals surface area (Å²) < 4.78 is 32.3. The molecule has 1 aromatic heterocycles. The van der Waals surface area contributed by atoms with Crippen LogP contribution in [0.25, 0.3) is 0 Å². The number of rotatable bonds is 3. The van der Waals surface area contributed by atoms with E-state index in [0.29, 0.717) is 0 Å². The smallest absolute Gasteiger partial charge is 0.234 e. The minimum absolute atomic E-state index is 0.109. The third-order valence-corrected chi connectivity index (χ3v) is 2.47. The first-order valence-corrected chi connectivity index (χ1v) is 5.54. The van der Waals surface area contributed by atoms with Gasteiger partial charge in [-0.1, -0.05) is 17.7 Å². The van der Waals surface area contributed by atoms with Crippen LogP contribution in [0.2, 0.25) is 5.15 Å². The topological polar surface area (TPSA) is 35.0 Å². The fraction of sp³-hybridized carbons (Fsp3) is 0.167. The fourth-order valence-electron chi connectivity index (χ4n) is 1.52. The molecule has 0 aliphatic heterocycles. The lowest BCUT2D eigenvalue weighted by Gasteiger charge is -2.15. The van der Waals surface area contributed by atoms with Gasteiger partial charge in [0, 0.05) is 0 Å². The number of hydrogen-bond donors (Lipinski definition) is 0. The van der Waals surface area contributed by atoms with Gasteiger partial charge in [0.2, 0.25) is 5.88 Å². The van der Waals surface area contributed by atoms with Crippen LogP contribution in [-0.2, 0) is 0 Å². The third kappa shape index (κ3) is 2.73. The van der Waals surface area contributed by atoms with Gasteiger partial charge in [-0.2, -0.15) is 4.98 Å². The Morgan fingerprint density at radius 3 is 2.50 bits per heavy atom. The van der Waals surface area contributed by atoms with Gasteiger partial charge in [0.1, 0.15) is 17.7 Å². The average Bonchev–Trinajstić information content (AvgIpc) is 2.28. The zero-order valence-electron chi connectivity index (χ0n) is 9.40. The molecule has 0 radical (unpaired) electrons. The van der Waals surface area contributed by atoms with Crippen LogP contribution in [-0.4, -0.2) is 9.97 Å². The largest absolute Gasteiger partial charge is 0.468 e. The van der Waals surface area contributed by atoms with E-state index < -0.39 is 17.7 Å². The molecule has 2 aromatic rings. The van der Waals surface area contributed by atoms with Crippen LogP contribution in [0.3, 0.4) is 0 Å². The van der Waals surface area contributed by atoms with E-state index >= 15 is 0 Å². The summed E-state index contributed by atoms with van der Waals surface area (Å²) in [6.45, 7) is 1.52. The van der Waals surface area contributed by atoms with Crippen LogP contribution >= 0.6 is 11.6 Å². The van der Waals surface area contributed by atoms with E-state index in [0.717, 1.165) is 0 Å². The molecule has 0 saturated carbocycles. The van der Waals surface area contributed by atoms with Gasteiger partial charge in [0.15, 0.2) is 5.15 Å². The van der Waals surface area contributed by atoms with Crippen molar-refractivity contribution in [2.75, 3.05) is 0 Å². The number of benzene rings is 1. The molecule has 1 heterocycles. The first-order chi connectivity index (χ1) is 8.58. The van der Waals surface area contributed by atoms with Crippen LogP contribution in [0.5, 0.6) is 5.88 Å². The summed E-state index contributed by atoms with van der Waals surface area (Å²) in [5.74, 6) is -1.23. The molecule has 0 spiro atoms. The second kappa shape index (κ2) is 5.27. The highest BCUT2D eigenvalue weighted by atomic mass is 35.5. The Balaban J connectivity index is 2.25. The predicted octanol–water partition coefficient (Wildman–Crippen LogP) is 3.55. The van der Waals surface area contributed by atoms with Gasteiger partial charge in [-0.3, -0.25) is 4.98 Å². The van der Waals surface area contributed by atoms with Gasteiger partial charge < -0.3 is 4.74 Å². The van der Waals surface area contributed by atoms with E-state index in [1.807, 2.05) is 0 Å². The SMILES string of the molecule is CC(Oc1cncc(Cl)n1)c1c(F)cccc1F. The molecule has 0 bridgehead atoms. The highest BCUT2D eigenvalue weighted by Gasteiger charge is 2.18. The van der Waals surface area contributed by atoms with E-state index in [9.17, 15) is 8.78 Å². The lowest BCUT2D eigenvalue weighted by atomic mass is 10.1. The van der Waals surface area contributed by atoms with Crippen LogP contribution in [0.4, 0.5) is 8.78 Å². The van der Waals surface area contributed by atoms with Crippen molar-refractivity contribution in [1.29, 1.82) is 0 Å². The van der Waals surface area contributed by atoms with E-state index in [-0.39, 0.29) is 16.6 Å². The molecule has 2 rings (SSSR count). The van der Waals surface area contributed by atoms with E-state index in [4.69, 9.17) is 16.3 Å². The van der Waals surface area contributed by atoms with Gasteiger partial charge in [-0.15, -0.1) is 0 Å². The summed E-state index contributed by atoms with van der Waals surface area (Å²) in [6, 6.07) is 3.63. The van der Waals surface area contributed by atoms with Crippen molar-refractivity contribution in [2.24, 2.45) is 0 Å². The predicted molar refractivity (Wildman–Crippen MR) is 62.4 cm³/mol. The maximum Gasteiger partial charge on any atom is 0.234 e. The third-order valence-electron chi connectivity index (χ3n) is 2.29. The summed E-state index contributed by atoms with van der Waals surface area (Å²) in [4.78, 5) is 7.60. The highest BCUT2D eigenvalue weighted by Crippen LogP contribution is 2.25. The van der Waals surface area contributed by atoms with Crippen LogP contribution in [0, 0.1) is 11.6 Å². The van der Waals surface area contributed by atoms with Gasteiger partial charge in [-0.05, 0) is 19.1 Å². The normalized spacial score (nSPS) is 12.2. The second-order valence-electron chi connectivity index (χ2n) is 3.58. The lowest BCUT2D eigenvalue weighted by Crippen LogP contribution is -2.09. The number of halogens is 3. The number of ether oxygens (including phenoxy) is 1. The molecule has 0 N–H and O–H groups in total. The average molecular weight is 271 g/mol. The van der Waals surface area contributed by atoms with Gasteiger partial charge in [0.25, 0.3) is 0 Å². The van der Waals surface area contributed by atoms with Crippen molar-refractivity contribution < 1.29 is 13.5 Å². The molecular weight excluding hydrogens is 262 g/mol. The maximum atomic E-state index is 13.5. The molecule has 0 amide bonds. The molecule has 94 valence electrons. The Morgan fingerprint density at radius 1 is 1.22 bits per heavy atom. The minimum Gasteiger partial charge on any atom is -0.468 e. The fourth-order valence-corrected chi connectivity index (χ4v) is 1.66. The standard InChI is InChI=1S/C12H9ClF2N2O/c1-7(12-8(14)3-2-4-9(12)15)18-11-6-16-5-10(13)17-11/h2-7H,1H3. The Hall–Kier alpha value is -1.75. The van der Waals surface area contributed by atoms with Gasteiger partial charge >= 0.3 is 0 Å². The number of hydrogen-bond acceptors (Lipinski definition) is 3. The van der Waals surface area contributed by atoms with Crippen LogP contribution in [0.1, 0.15) is 18.6 Å². The number of nitrogens with zero attached hydrogens (tertiary/aromatic N) is 2. The minimum atomic E-state index is -0.834. The molecule has 0 aliphatic carbocycles. The van der Waals surface area contributed by atoms with Crippen molar-refractivity contribution in [3.8, 4) is 5.88 Å². The van der Waals surface area contributed by atoms with Crippen molar-refractivity contribution >= 4 is 11.6 Å². The molecule has 6 heteroatoms. The van der Waals surface area contributed by atoms with E-state index in [2.05, 4.69) is 9.97 Å². The van der Waals surface area contributed by atoms with Crippen molar-refractivity contribution in [2.45, 2.75) is 13.0 Å². The Morgan fingerprint density at radius 2 is 1.89 bits per heavy atom. The van der Waals surface area contributed by atoms with Crippen molar-refractivity contribution in [1.82, 2.24) is 9.97 Å². The first kappa shape index (κ1) is 12.7.